The van der Waals surface area contributed by atoms with Crippen molar-refractivity contribution in [3.8, 4) is 28.4 Å². The SMILES string of the molecule is COc1ccc(/C=C(\c2ccc(OC)cc2)c2ccc(OC)cc2-c2ccccc2P(c2ccccc2)c2ccccc2)cc1. The third-order valence-electron chi connectivity index (χ3n) is 7.81. The smallest absolute Gasteiger partial charge is 0.119 e. The van der Waals surface area contributed by atoms with Crippen molar-refractivity contribution in [3.05, 3.63) is 168 Å². The van der Waals surface area contributed by atoms with E-state index in [0.29, 0.717) is 0 Å². The summed E-state index contributed by atoms with van der Waals surface area (Å²) in [7, 11) is 4.27. The number of ether oxygens (including phenoxy) is 3. The van der Waals surface area contributed by atoms with Crippen LogP contribution in [0.4, 0.5) is 0 Å². The van der Waals surface area contributed by atoms with Crippen LogP contribution in [0.5, 0.6) is 17.2 Å². The van der Waals surface area contributed by atoms with E-state index in [1.54, 1.807) is 21.3 Å². The van der Waals surface area contributed by atoms with Gasteiger partial charge in [0.2, 0.25) is 0 Å². The Bertz CT molecular complexity index is 1840. The average molecular weight is 607 g/mol. The summed E-state index contributed by atoms with van der Waals surface area (Å²) in [6.07, 6.45) is 2.24. The Balaban J connectivity index is 1.60. The fourth-order valence-corrected chi connectivity index (χ4v) is 8.01. The quantitative estimate of drug-likeness (QED) is 0.115. The van der Waals surface area contributed by atoms with Crippen molar-refractivity contribution >= 4 is 35.5 Å². The zero-order chi connectivity index (χ0) is 31.0. The predicted molar refractivity (Wildman–Crippen MR) is 190 cm³/mol. The molecule has 0 spiro atoms. The van der Waals surface area contributed by atoms with Gasteiger partial charge in [0, 0.05) is 0 Å². The third kappa shape index (κ3) is 6.70. The van der Waals surface area contributed by atoms with Crippen molar-refractivity contribution in [2.45, 2.75) is 0 Å². The van der Waals surface area contributed by atoms with E-state index in [9.17, 15) is 0 Å². The Labute approximate surface area is 267 Å². The molecule has 3 nitrogen and oxygen atoms in total. The van der Waals surface area contributed by atoms with Crippen molar-refractivity contribution in [2.75, 3.05) is 21.3 Å². The molecule has 0 amide bonds. The third-order valence-corrected chi connectivity index (χ3v) is 10.3. The Morgan fingerprint density at radius 2 is 1.00 bits per heavy atom. The van der Waals surface area contributed by atoms with E-state index < -0.39 is 7.92 Å². The monoisotopic (exact) mass is 606 g/mol. The number of methoxy groups -OCH3 is 3. The van der Waals surface area contributed by atoms with E-state index in [1.165, 1.54) is 21.5 Å². The Morgan fingerprint density at radius 1 is 0.489 bits per heavy atom. The van der Waals surface area contributed by atoms with Crippen molar-refractivity contribution in [1.29, 1.82) is 0 Å². The molecule has 0 N–H and O–H groups in total. The lowest BCUT2D eigenvalue weighted by Gasteiger charge is -2.24. The van der Waals surface area contributed by atoms with E-state index in [1.807, 2.05) is 30.3 Å². The van der Waals surface area contributed by atoms with Crippen LogP contribution in [0.2, 0.25) is 0 Å². The summed E-state index contributed by atoms with van der Waals surface area (Å²) >= 11 is 0. The lowest BCUT2D eigenvalue weighted by Crippen LogP contribution is -2.22. The molecule has 6 aromatic rings. The fraction of sp³-hybridized carbons (Fsp3) is 0.0732. The topological polar surface area (TPSA) is 27.7 Å². The molecule has 0 saturated heterocycles. The summed E-state index contributed by atoms with van der Waals surface area (Å²) in [4.78, 5) is 0. The average Bonchev–Trinajstić information content (AvgIpc) is 3.12. The first-order valence-electron chi connectivity index (χ1n) is 14.9. The zero-order valence-corrected chi connectivity index (χ0v) is 26.6. The molecule has 0 radical (unpaired) electrons. The molecule has 0 bridgehead atoms. The highest BCUT2D eigenvalue weighted by Gasteiger charge is 2.23. The van der Waals surface area contributed by atoms with Gasteiger partial charge in [-0.25, -0.2) is 0 Å². The molecule has 0 unspecified atom stereocenters. The van der Waals surface area contributed by atoms with Crippen LogP contribution in [0.15, 0.2) is 152 Å². The van der Waals surface area contributed by atoms with Crippen LogP contribution in [0.25, 0.3) is 22.8 Å². The van der Waals surface area contributed by atoms with Gasteiger partial charge >= 0.3 is 0 Å². The Morgan fingerprint density at radius 3 is 1.58 bits per heavy atom. The van der Waals surface area contributed by atoms with Gasteiger partial charge in [0.05, 0.1) is 21.3 Å². The largest absolute Gasteiger partial charge is 0.497 e. The molecule has 6 rings (SSSR count). The molecule has 0 aliphatic rings. The van der Waals surface area contributed by atoms with Crippen molar-refractivity contribution in [2.24, 2.45) is 0 Å². The summed E-state index contributed by atoms with van der Waals surface area (Å²) in [6.45, 7) is 0. The van der Waals surface area contributed by atoms with Gasteiger partial charge in [0.25, 0.3) is 0 Å². The van der Waals surface area contributed by atoms with E-state index >= 15 is 0 Å². The number of hydrogen-bond donors (Lipinski definition) is 0. The minimum Gasteiger partial charge on any atom is -0.497 e. The molecule has 6 aromatic carbocycles. The first-order valence-corrected chi connectivity index (χ1v) is 16.2. The van der Waals surface area contributed by atoms with E-state index in [2.05, 4.69) is 127 Å². The van der Waals surface area contributed by atoms with Crippen LogP contribution in [-0.2, 0) is 0 Å². The molecular formula is C41H35O3P. The van der Waals surface area contributed by atoms with E-state index in [0.717, 1.165) is 45.1 Å². The highest BCUT2D eigenvalue weighted by Crippen LogP contribution is 2.41. The summed E-state index contributed by atoms with van der Waals surface area (Å²) in [5, 5.41) is 3.90. The van der Waals surface area contributed by atoms with Crippen LogP contribution in [0.1, 0.15) is 16.7 Å². The second-order valence-corrected chi connectivity index (χ2v) is 12.7. The van der Waals surface area contributed by atoms with Crippen LogP contribution in [0, 0.1) is 0 Å². The predicted octanol–water partition coefficient (Wildman–Crippen LogP) is 8.73. The standard InChI is InChI=1S/C41H35O3P/c1-42-32-22-18-30(19-23-32)28-39(31-20-24-33(43-2)25-21-31)37-27-26-34(44-3)29-40(37)38-16-10-11-17-41(38)45(35-12-6-4-7-13-35)36-14-8-5-9-15-36/h4-29H,1-3H3/b39-28+. The summed E-state index contributed by atoms with van der Waals surface area (Å²) < 4.78 is 16.7. The molecule has 222 valence electrons. The van der Waals surface area contributed by atoms with Gasteiger partial charge in [-0.2, -0.15) is 0 Å². The van der Waals surface area contributed by atoms with Crippen LogP contribution in [-0.4, -0.2) is 21.3 Å². The van der Waals surface area contributed by atoms with Gasteiger partial charge < -0.3 is 14.2 Å². The van der Waals surface area contributed by atoms with Crippen molar-refractivity contribution in [1.82, 2.24) is 0 Å². The van der Waals surface area contributed by atoms with Gasteiger partial charge in [-0.15, -0.1) is 0 Å². The Hall–Kier alpha value is -5.11. The second kappa shape index (κ2) is 14.1. The number of rotatable bonds is 10. The minimum absolute atomic E-state index is 0.811. The molecule has 0 aromatic heterocycles. The van der Waals surface area contributed by atoms with Crippen LogP contribution >= 0.6 is 7.92 Å². The molecule has 0 fully saturated rings. The first kappa shape index (κ1) is 29.9. The molecule has 0 atom stereocenters. The van der Waals surface area contributed by atoms with Gasteiger partial charge in [-0.05, 0) is 99.7 Å². The zero-order valence-electron chi connectivity index (χ0n) is 25.7. The van der Waals surface area contributed by atoms with Crippen LogP contribution < -0.4 is 30.1 Å². The number of hydrogen-bond acceptors (Lipinski definition) is 3. The summed E-state index contributed by atoms with van der Waals surface area (Å²) in [5.41, 5.74) is 6.66. The fourth-order valence-electron chi connectivity index (χ4n) is 5.54. The lowest BCUT2D eigenvalue weighted by atomic mass is 9.89. The maximum atomic E-state index is 5.82. The molecule has 0 aliphatic carbocycles. The summed E-state index contributed by atoms with van der Waals surface area (Å²) in [6, 6.07) is 53.3. The molecule has 45 heavy (non-hydrogen) atoms. The van der Waals surface area contributed by atoms with Gasteiger partial charge in [0.15, 0.2) is 0 Å². The maximum Gasteiger partial charge on any atom is 0.119 e. The minimum atomic E-state index is -0.841. The van der Waals surface area contributed by atoms with E-state index in [4.69, 9.17) is 14.2 Å². The highest BCUT2D eigenvalue weighted by molar-refractivity contribution is 7.80. The summed E-state index contributed by atoms with van der Waals surface area (Å²) in [5.74, 6) is 2.46. The highest BCUT2D eigenvalue weighted by atomic mass is 31.1. The second-order valence-electron chi connectivity index (χ2n) is 10.5. The molecule has 0 aliphatic heterocycles. The molecular weight excluding hydrogens is 571 g/mol. The molecule has 4 heteroatoms. The van der Waals surface area contributed by atoms with Gasteiger partial charge in [-0.3, -0.25) is 0 Å². The van der Waals surface area contributed by atoms with Crippen LogP contribution in [0.3, 0.4) is 0 Å². The lowest BCUT2D eigenvalue weighted by molar-refractivity contribution is 0.414. The molecule has 0 heterocycles. The normalized spacial score (nSPS) is 11.3. The first-order chi connectivity index (χ1) is 22.2. The molecule has 0 saturated carbocycles. The van der Waals surface area contributed by atoms with Crippen molar-refractivity contribution < 1.29 is 14.2 Å². The maximum absolute atomic E-state index is 5.82. The van der Waals surface area contributed by atoms with E-state index in [-0.39, 0.29) is 0 Å². The van der Waals surface area contributed by atoms with Gasteiger partial charge in [-0.1, -0.05) is 115 Å². The Kier molecular flexibility index (Phi) is 9.39. The number of benzene rings is 6. The van der Waals surface area contributed by atoms with Gasteiger partial charge in [0.1, 0.15) is 17.2 Å². The van der Waals surface area contributed by atoms with Crippen molar-refractivity contribution in [3.63, 3.8) is 0 Å².